The molecule has 0 bridgehead atoms. The molecule has 9 nitrogen and oxygen atoms in total. The van der Waals surface area contributed by atoms with Gasteiger partial charge >= 0.3 is 6.03 Å². The van der Waals surface area contributed by atoms with E-state index in [0.29, 0.717) is 26.2 Å². The number of amides is 3. The first kappa shape index (κ1) is 16.1. The van der Waals surface area contributed by atoms with Crippen molar-refractivity contribution in [1.82, 2.24) is 20.3 Å². The topological polar surface area (TPSA) is 117 Å². The first-order valence-corrected chi connectivity index (χ1v) is 8.50. The molecule has 0 saturated carbocycles. The van der Waals surface area contributed by atoms with Gasteiger partial charge in [0.05, 0.1) is 19.0 Å². The molecule has 0 radical (unpaired) electrons. The molecule has 0 aliphatic carbocycles. The standard InChI is InChI=1S/C11H20N4O5S/c16-10-9(13-11(17)14-10)8-21(18,19)12-2-1-3-15-4-6-20-7-5-15/h9,12H,1-8H2,(H2,13,14,16,17)/t9-/m1/s1. The number of hydrogen-bond donors (Lipinski definition) is 3. The lowest BCUT2D eigenvalue weighted by atomic mass is 10.3. The van der Waals surface area contributed by atoms with Crippen molar-refractivity contribution < 1.29 is 22.7 Å². The van der Waals surface area contributed by atoms with E-state index in [9.17, 15) is 18.0 Å². The van der Waals surface area contributed by atoms with Crippen LogP contribution in [0.25, 0.3) is 0 Å². The zero-order valence-corrected chi connectivity index (χ0v) is 12.4. The predicted molar refractivity (Wildman–Crippen MR) is 74.1 cm³/mol. The second-order valence-corrected chi connectivity index (χ2v) is 6.85. The summed E-state index contributed by atoms with van der Waals surface area (Å²) in [6.07, 6.45) is 0.683. The maximum absolute atomic E-state index is 11.8. The smallest absolute Gasteiger partial charge is 0.322 e. The summed E-state index contributed by atoms with van der Waals surface area (Å²) >= 11 is 0. The highest BCUT2D eigenvalue weighted by Crippen LogP contribution is 2.00. The van der Waals surface area contributed by atoms with Crippen molar-refractivity contribution in [3.8, 4) is 0 Å². The number of carbonyl (C=O) groups is 2. The van der Waals surface area contributed by atoms with Gasteiger partial charge in [0.2, 0.25) is 10.0 Å². The van der Waals surface area contributed by atoms with E-state index in [4.69, 9.17) is 4.74 Å². The van der Waals surface area contributed by atoms with E-state index in [2.05, 4.69) is 14.9 Å². The fourth-order valence-corrected chi connectivity index (χ4v) is 3.46. The average Bonchev–Trinajstić information content (AvgIpc) is 2.73. The summed E-state index contributed by atoms with van der Waals surface area (Å²) in [5.74, 6) is -1.05. The number of urea groups is 1. The monoisotopic (exact) mass is 320 g/mol. The predicted octanol–water partition coefficient (Wildman–Crippen LogP) is -2.16. The molecule has 2 aliphatic heterocycles. The van der Waals surface area contributed by atoms with Gasteiger partial charge in [-0.1, -0.05) is 0 Å². The van der Waals surface area contributed by atoms with Gasteiger partial charge < -0.3 is 10.1 Å². The SMILES string of the molecule is O=C1NC(=O)[C@@H](CS(=O)(=O)NCCCN2CCOCC2)N1. The molecule has 10 heteroatoms. The third kappa shape index (κ3) is 5.23. The fraction of sp³-hybridized carbons (Fsp3) is 0.818. The van der Waals surface area contributed by atoms with Gasteiger partial charge in [0.1, 0.15) is 6.04 Å². The molecule has 0 unspecified atom stereocenters. The quantitative estimate of drug-likeness (QED) is 0.363. The van der Waals surface area contributed by atoms with Crippen molar-refractivity contribution in [2.24, 2.45) is 0 Å². The number of rotatable bonds is 7. The van der Waals surface area contributed by atoms with Crippen LogP contribution in [0.15, 0.2) is 0 Å². The highest BCUT2D eigenvalue weighted by molar-refractivity contribution is 7.89. The minimum absolute atomic E-state index is 0.308. The van der Waals surface area contributed by atoms with Crippen molar-refractivity contribution in [3.63, 3.8) is 0 Å². The molecule has 21 heavy (non-hydrogen) atoms. The molecule has 120 valence electrons. The molecule has 2 saturated heterocycles. The normalized spacial score (nSPS) is 23.9. The van der Waals surface area contributed by atoms with Gasteiger partial charge in [-0.15, -0.1) is 0 Å². The molecule has 2 rings (SSSR count). The third-order valence-electron chi connectivity index (χ3n) is 3.32. The number of hydrogen-bond acceptors (Lipinski definition) is 6. The number of ether oxygens (including phenoxy) is 1. The van der Waals surface area contributed by atoms with Gasteiger partial charge in [-0.3, -0.25) is 15.0 Å². The van der Waals surface area contributed by atoms with Crippen LogP contribution in [0.3, 0.4) is 0 Å². The maximum Gasteiger partial charge on any atom is 0.322 e. The van der Waals surface area contributed by atoms with E-state index in [-0.39, 0.29) is 0 Å². The molecule has 1 atom stereocenters. The van der Waals surface area contributed by atoms with Gasteiger partial charge in [-0.05, 0) is 13.0 Å². The van der Waals surface area contributed by atoms with Crippen molar-refractivity contribution in [3.05, 3.63) is 0 Å². The zero-order valence-electron chi connectivity index (χ0n) is 11.6. The summed E-state index contributed by atoms with van der Waals surface area (Å²) < 4.78 is 31.3. The van der Waals surface area contributed by atoms with Crippen LogP contribution in [-0.4, -0.2) is 76.4 Å². The molecule has 0 aromatic rings. The van der Waals surface area contributed by atoms with Gasteiger partial charge in [0.25, 0.3) is 5.91 Å². The molecule has 0 aromatic carbocycles. The maximum atomic E-state index is 11.8. The minimum atomic E-state index is -3.59. The Hall–Kier alpha value is -1.23. The van der Waals surface area contributed by atoms with Crippen molar-refractivity contribution in [1.29, 1.82) is 0 Å². The summed E-state index contributed by atoms with van der Waals surface area (Å²) in [6.45, 7) is 4.25. The van der Waals surface area contributed by atoms with Crippen LogP contribution in [0.1, 0.15) is 6.42 Å². The molecular weight excluding hydrogens is 300 g/mol. The highest BCUT2D eigenvalue weighted by atomic mass is 32.2. The van der Waals surface area contributed by atoms with Crippen LogP contribution in [0.5, 0.6) is 0 Å². The Kier molecular flexibility index (Phi) is 5.51. The van der Waals surface area contributed by atoms with Crippen molar-refractivity contribution in [2.45, 2.75) is 12.5 Å². The van der Waals surface area contributed by atoms with E-state index in [1.54, 1.807) is 0 Å². The van der Waals surface area contributed by atoms with Gasteiger partial charge in [-0.25, -0.2) is 17.9 Å². The minimum Gasteiger partial charge on any atom is -0.379 e. The van der Waals surface area contributed by atoms with Crippen LogP contribution in [-0.2, 0) is 19.6 Å². The Labute approximate surface area is 123 Å². The van der Waals surface area contributed by atoms with Gasteiger partial charge in [-0.2, -0.15) is 0 Å². The largest absolute Gasteiger partial charge is 0.379 e. The summed E-state index contributed by atoms with van der Waals surface area (Å²) in [7, 11) is -3.59. The van der Waals surface area contributed by atoms with E-state index in [0.717, 1.165) is 19.6 Å². The molecule has 3 amide bonds. The van der Waals surface area contributed by atoms with Crippen LogP contribution in [0.2, 0.25) is 0 Å². The second-order valence-electron chi connectivity index (χ2n) is 5.00. The summed E-state index contributed by atoms with van der Waals surface area (Å²) in [5.41, 5.74) is 0. The Bertz CT molecular complexity index is 489. The summed E-state index contributed by atoms with van der Waals surface area (Å²) in [6, 6.07) is -1.68. The van der Waals surface area contributed by atoms with Crippen LogP contribution in [0.4, 0.5) is 4.79 Å². The lowest BCUT2D eigenvalue weighted by Crippen LogP contribution is -2.42. The fourth-order valence-electron chi connectivity index (χ4n) is 2.21. The number of carbonyl (C=O) groups excluding carboxylic acids is 2. The third-order valence-corrected chi connectivity index (χ3v) is 4.74. The Morgan fingerprint density at radius 2 is 2.00 bits per heavy atom. The van der Waals surface area contributed by atoms with E-state index in [1.807, 2.05) is 5.32 Å². The first-order chi connectivity index (χ1) is 9.96. The van der Waals surface area contributed by atoms with Crippen LogP contribution >= 0.6 is 0 Å². The molecule has 2 aliphatic rings. The number of sulfonamides is 1. The number of morpholine rings is 1. The van der Waals surface area contributed by atoms with Gasteiger partial charge in [0, 0.05) is 19.6 Å². The first-order valence-electron chi connectivity index (χ1n) is 6.85. The second kappa shape index (κ2) is 7.16. The molecule has 0 spiro atoms. The zero-order chi connectivity index (χ0) is 15.3. The van der Waals surface area contributed by atoms with Crippen LogP contribution in [0, 0.1) is 0 Å². The van der Waals surface area contributed by atoms with E-state index >= 15 is 0 Å². The van der Waals surface area contributed by atoms with Crippen molar-refractivity contribution in [2.75, 3.05) is 45.1 Å². The Morgan fingerprint density at radius 3 is 2.62 bits per heavy atom. The van der Waals surface area contributed by atoms with Crippen LogP contribution < -0.4 is 15.4 Å². The Balaban J connectivity index is 1.66. The number of imide groups is 1. The van der Waals surface area contributed by atoms with E-state index in [1.165, 1.54) is 0 Å². The Morgan fingerprint density at radius 1 is 1.29 bits per heavy atom. The van der Waals surface area contributed by atoms with E-state index < -0.39 is 33.8 Å². The van der Waals surface area contributed by atoms with Crippen molar-refractivity contribution >= 4 is 22.0 Å². The molecule has 2 heterocycles. The highest BCUT2D eigenvalue weighted by Gasteiger charge is 2.33. The average molecular weight is 320 g/mol. The number of nitrogens with one attached hydrogen (secondary N) is 3. The number of nitrogens with zero attached hydrogens (tertiary/aromatic N) is 1. The summed E-state index contributed by atoms with van der Waals surface area (Å²) in [5, 5.41) is 4.26. The lowest BCUT2D eigenvalue weighted by Gasteiger charge is -2.26. The molecular formula is C11H20N4O5S. The van der Waals surface area contributed by atoms with Gasteiger partial charge in [0.15, 0.2) is 0 Å². The molecule has 2 fully saturated rings. The molecule has 3 N–H and O–H groups in total. The molecule has 0 aromatic heterocycles. The summed E-state index contributed by atoms with van der Waals surface area (Å²) in [4.78, 5) is 24.4. The lowest BCUT2D eigenvalue weighted by molar-refractivity contribution is -0.119.